The molecule has 0 radical (unpaired) electrons. The van der Waals surface area contributed by atoms with Gasteiger partial charge in [0.15, 0.2) is 0 Å². The van der Waals surface area contributed by atoms with Crippen LogP contribution >= 0.6 is 23.2 Å². The van der Waals surface area contributed by atoms with Crippen LogP contribution in [-0.2, 0) is 6.42 Å². The molecule has 0 spiro atoms. The summed E-state index contributed by atoms with van der Waals surface area (Å²) < 4.78 is 0. The van der Waals surface area contributed by atoms with Crippen LogP contribution in [-0.4, -0.2) is 17.6 Å². The minimum atomic E-state index is -0.274. The molecule has 2 amide bonds. The van der Waals surface area contributed by atoms with E-state index in [0.717, 1.165) is 11.9 Å². The van der Waals surface area contributed by atoms with Crippen LogP contribution in [0.25, 0.3) is 10.9 Å². The highest BCUT2D eigenvalue weighted by molar-refractivity contribution is 6.42. The van der Waals surface area contributed by atoms with Crippen molar-refractivity contribution in [1.82, 2.24) is 10.3 Å². The van der Waals surface area contributed by atoms with Gasteiger partial charge in [-0.15, -0.1) is 0 Å². The van der Waals surface area contributed by atoms with Crippen LogP contribution in [0, 0.1) is 6.92 Å². The lowest BCUT2D eigenvalue weighted by Gasteiger charge is -2.08. The molecular weight excluding hydrogens is 345 g/mol. The Morgan fingerprint density at radius 3 is 2.75 bits per heavy atom. The first-order valence-corrected chi connectivity index (χ1v) is 8.35. The Kier molecular flexibility index (Phi) is 4.97. The maximum absolute atomic E-state index is 11.9. The van der Waals surface area contributed by atoms with E-state index in [-0.39, 0.29) is 6.03 Å². The maximum atomic E-state index is 11.9. The Hall–Kier alpha value is -2.17. The summed E-state index contributed by atoms with van der Waals surface area (Å²) in [6.07, 6.45) is 2.74. The van der Waals surface area contributed by atoms with Crippen molar-refractivity contribution in [2.75, 3.05) is 11.9 Å². The second kappa shape index (κ2) is 7.16. The number of hydrogen-bond donors (Lipinski definition) is 3. The van der Waals surface area contributed by atoms with Gasteiger partial charge in [-0.2, -0.15) is 0 Å². The SMILES string of the molecule is Cc1ccc2[nH]cc(CCNC(=O)Nc3ccc(Cl)c(Cl)c3)c2c1. The molecule has 6 heteroatoms. The van der Waals surface area contributed by atoms with Crippen molar-refractivity contribution >= 4 is 45.8 Å². The molecule has 0 aliphatic heterocycles. The van der Waals surface area contributed by atoms with E-state index in [9.17, 15) is 4.79 Å². The molecule has 4 nitrogen and oxygen atoms in total. The van der Waals surface area contributed by atoms with E-state index in [0.29, 0.717) is 22.3 Å². The fourth-order valence-corrected chi connectivity index (χ4v) is 2.86. The zero-order valence-electron chi connectivity index (χ0n) is 13.1. The summed E-state index contributed by atoms with van der Waals surface area (Å²) >= 11 is 11.8. The number of aromatic nitrogens is 1. The van der Waals surface area contributed by atoms with Gasteiger partial charge in [0.2, 0.25) is 0 Å². The molecule has 0 aliphatic carbocycles. The molecule has 3 aromatic rings. The average molecular weight is 362 g/mol. The van der Waals surface area contributed by atoms with Crippen molar-refractivity contribution < 1.29 is 4.79 Å². The van der Waals surface area contributed by atoms with Gasteiger partial charge in [0.1, 0.15) is 0 Å². The van der Waals surface area contributed by atoms with Gasteiger partial charge in [-0.25, -0.2) is 4.79 Å². The number of carbonyl (C=O) groups is 1. The molecule has 124 valence electrons. The standard InChI is InChI=1S/C18H17Cl2N3O/c1-11-2-5-17-14(8-11)12(10-22-17)6-7-21-18(24)23-13-3-4-15(19)16(20)9-13/h2-5,8-10,22H,6-7H2,1H3,(H2,21,23,24). The van der Waals surface area contributed by atoms with Crippen LogP contribution in [0.3, 0.4) is 0 Å². The van der Waals surface area contributed by atoms with Crippen molar-refractivity contribution in [2.45, 2.75) is 13.3 Å². The second-order valence-corrected chi connectivity index (χ2v) is 6.44. The quantitative estimate of drug-likeness (QED) is 0.591. The molecule has 0 aliphatic rings. The van der Waals surface area contributed by atoms with Crippen molar-refractivity contribution in [1.29, 1.82) is 0 Å². The van der Waals surface area contributed by atoms with Gasteiger partial charge in [0.05, 0.1) is 10.0 Å². The van der Waals surface area contributed by atoms with Crippen LogP contribution in [0.1, 0.15) is 11.1 Å². The van der Waals surface area contributed by atoms with Crippen molar-refractivity contribution in [2.24, 2.45) is 0 Å². The zero-order valence-corrected chi connectivity index (χ0v) is 14.6. The van der Waals surface area contributed by atoms with Gasteiger partial charge >= 0.3 is 6.03 Å². The first-order chi connectivity index (χ1) is 11.5. The third kappa shape index (κ3) is 3.83. The normalized spacial score (nSPS) is 10.8. The molecule has 0 saturated heterocycles. The van der Waals surface area contributed by atoms with E-state index in [1.807, 2.05) is 6.20 Å². The largest absolute Gasteiger partial charge is 0.361 e. The summed E-state index contributed by atoms with van der Waals surface area (Å²) in [5.41, 5.74) is 4.11. The number of rotatable bonds is 4. The topological polar surface area (TPSA) is 56.9 Å². The predicted octanol–water partition coefficient (Wildman–Crippen LogP) is 5.15. The molecule has 1 aromatic heterocycles. The number of fused-ring (bicyclic) bond motifs is 1. The number of H-pyrrole nitrogens is 1. The van der Waals surface area contributed by atoms with E-state index in [1.165, 1.54) is 16.5 Å². The summed E-state index contributed by atoms with van der Waals surface area (Å²) in [7, 11) is 0. The molecule has 0 fully saturated rings. The van der Waals surface area contributed by atoms with Crippen LogP contribution in [0.15, 0.2) is 42.6 Å². The minimum absolute atomic E-state index is 0.274. The molecule has 3 rings (SSSR count). The van der Waals surface area contributed by atoms with Gasteiger partial charge in [-0.1, -0.05) is 34.8 Å². The average Bonchev–Trinajstić information content (AvgIpc) is 2.93. The van der Waals surface area contributed by atoms with Crippen molar-refractivity contribution in [3.63, 3.8) is 0 Å². The molecule has 0 saturated carbocycles. The summed E-state index contributed by atoms with van der Waals surface area (Å²) in [4.78, 5) is 15.2. The molecule has 1 heterocycles. The number of aromatic amines is 1. The Morgan fingerprint density at radius 2 is 1.96 bits per heavy atom. The Labute approximate surface area is 150 Å². The number of hydrogen-bond acceptors (Lipinski definition) is 1. The van der Waals surface area contributed by atoms with Gasteiger partial charge in [-0.3, -0.25) is 0 Å². The summed E-state index contributed by atoms with van der Waals surface area (Å²) in [5, 5.41) is 7.64. The van der Waals surface area contributed by atoms with Gasteiger partial charge in [0.25, 0.3) is 0 Å². The Balaban J connectivity index is 1.56. The highest BCUT2D eigenvalue weighted by Gasteiger charge is 2.06. The summed E-state index contributed by atoms with van der Waals surface area (Å²) in [6.45, 7) is 2.60. The zero-order chi connectivity index (χ0) is 17.1. The van der Waals surface area contributed by atoms with Crippen LogP contribution in [0.2, 0.25) is 10.0 Å². The minimum Gasteiger partial charge on any atom is -0.361 e. The van der Waals surface area contributed by atoms with Gasteiger partial charge < -0.3 is 15.6 Å². The number of urea groups is 1. The van der Waals surface area contributed by atoms with Crippen LogP contribution < -0.4 is 10.6 Å². The molecule has 0 atom stereocenters. The van der Waals surface area contributed by atoms with Crippen LogP contribution in [0.4, 0.5) is 10.5 Å². The van der Waals surface area contributed by atoms with E-state index in [2.05, 4.69) is 40.7 Å². The second-order valence-electron chi connectivity index (χ2n) is 5.62. The Bertz CT molecular complexity index is 889. The molecule has 0 unspecified atom stereocenters. The van der Waals surface area contributed by atoms with Gasteiger partial charge in [-0.05, 0) is 49.2 Å². The lowest BCUT2D eigenvalue weighted by molar-refractivity contribution is 0.252. The van der Waals surface area contributed by atoms with E-state index in [4.69, 9.17) is 23.2 Å². The summed E-state index contributed by atoms with van der Waals surface area (Å²) in [6, 6.07) is 11.0. The molecule has 3 N–H and O–H groups in total. The summed E-state index contributed by atoms with van der Waals surface area (Å²) in [5.74, 6) is 0. The number of aryl methyl sites for hydroxylation is 1. The lowest BCUT2D eigenvalue weighted by Crippen LogP contribution is -2.30. The van der Waals surface area contributed by atoms with Gasteiger partial charge in [0, 0.05) is 29.3 Å². The third-order valence-electron chi connectivity index (χ3n) is 3.78. The Morgan fingerprint density at radius 1 is 1.12 bits per heavy atom. The third-order valence-corrected chi connectivity index (χ3v) is 4.52. The van der Waals surface area contributed by atoms with E-state index in [1.54, 1.807) is 18.2 Å². The number of benzene rings is 2. The highest BCUT2D eigenvalue weighted by atomic mass is 35.5. The fourth-order valence-electron chi connectivity index (χ4n) is 2.56. The molecule has 24 heavy (non-hydrogen) atoms. The first kappa shape index (κ1) is 16.7. The predicted molar refractivity (Wildman–Crippen MR) is 100 cm³/mol. The number of nitrogens with one attached hydrogen (secondary N) is 3. The first-order valence-electron chi connectivity index (χ1n) is 7.59. The van der Waals surface area contributed by atoms with Crippen molar-refractivity contribution in [3.05, 3.63) is 63.8 Å². The number of carbonyl (C=O) groups excluding carboxylic acids is 1. The molecular formula is C18H17Cl2N3O. The molecule has 0 bridgehead atoms. The smallest absolute Gasteiger partial charge is 0.319 e. The van der Waals surface area contributed by atoms with E-state index < -0.39 is 0 Å². The fraction of sp³-hybridized carbons (Fsp3) is 0.167. The highest BCUT2D eigenvalue weighted by Crippen LogP contribution is 2.25. The van der Waals surface area contributed by atoms with E-state index >= 15 is 0 Å². The number of halogens is 2. The monoisotopic (exact) mass is 361 g/mol. The number of anilines is 1. The number of amides is 2. The molecule has 2 aromatic carbocycles. The van der Waals surface area contributed by atoms with Crippen molar-refractivity contribution in [3.8, 4) is 0 Å². The van der Waals surface area contributed by atoms with Crippen LogP contribution in [0.5, 0.6) is 0 Å². The maximum Gasteiger partial charge on any atom is 0.319 e. The lowest BCUT2D eigenvalue weighted by atomic mass is 10.1.